The van der Waals surface area contributed by atoms with Gasteiger partial charge in [-0.3, -0.25) is 9.59 Å². The molecule has 4 rings (SSSR count). The number of aliphatic hydroxyl groups is 1. The monoisotopic (exact) mass is 397 g/mol. The largest absolute Gasteiger partial charge is 0.375 e. The van der Waals surface area contributed by atoms with Gasteiger partial charge in [-0.1, -0.05) is 84.9 Å². The average Bonchev–Trinajstić information content (AvgIpc) is 2.99. The first kappa shape index (κ1) is 19.8. The summed E-state index contributed by atoms with van der Waals surface area (Å²) >= 11 is 0. The lowest BCUT2D eigenvalue weighted by Crippen LogP contribution is -2.42. The van der Waals surface area contributed by atoms with Crippen molar-refractivity contribution >= 4 is 23.5 Å². The van der Waals surface area contributed by atoms with Gasteiger partial charge in [0.25, 0.3) is 5.91 Å². The fraction of sp³-hybridized carbons (Fsp3) is 0.154. The summed E-state index contributed by atoms with van der Waals surface area (Å²) in [6, 6.07) is 26.5. The summed E-state index contributed by atoms with van der Waals surface area (Å²) in [5.74, 6) is -0.740. The number of hydrogen-bond donors (Lipinski definition) is 1. The summed E-state index contributed by atoms with van der Waals surface area (Å²) < 4.78 is 0. The minimum absolute atomic E-state index is 0.284. The highest BCUT2D eigenvalue weighted by molar-refractivity contribution is 6.10. The molecule has 0 aromatic heterocycles. The van der Waals surface area contributed by atoms with Crippen LogP contribution in [0.25, 0.3) is 6.08 Å². The van der Waals surface area contributed by atoms with Crippen molar-refractivity contribution in [2.24, 2.45) is 0 Å². The number of carbonyl (C=O) groups excluding carboxylic acids is 2. The molecule has 0 bridgehead atoms. The number of ketones is 1. The number of hydrogen-bond acceptors (Lipinski definition) is 3. The van der Waals surface area contributed by atoms with Crippen LogP contribution in [0.5, 0.6) is 0 Å². The molecule has 1 amide bonds. The van der Waals surface area contributed by atoms with Crippen molar-refractivity contribution in [3.05, 3.63) is 108 Å². The Morgan fingerprint density at radius 1 is 0.900 bits per heavy atom. The zero-order valence-corrected chi connectivity index (χ0v) is 16.6. The number of rotatable bonds is 7. The third-order valence-corrected chi connectivity index (χ3v) is 5.40. The van der Waals surface area contributed by atoms with Crippen molar-refractivity contribution in [2.45, 2.75) is 18.4 Å². The van der Waals surface area contributed by atoms with Gasteiger partial charge in [0.1, 0.15) is 0 Å². The van der Waals surface area contributed by atoms with Crippen molar-refractivity contribution in [1.29, 1.82) is 0 Å². The van der Waals surface area contributed by atoms with E-state index in [0.29, 0.717) is 24.2 Å². The smallest absolute Gasteiger partial charge is 0.264 e. The molecule has 0 fully saturated rings. The molecule has 4 nitrogen and oxygen atoms in total. The zero-order chi connectivity index (χ0) is 21.0. The molecule has 150 valence electrons. The van der Waals surface area contributed by atoms with Crippen molar-refractivity contribution in [3.63, 3.8) is 0 Å². The zero-order valence-electron chi connectivity index (χ0n) is 16.6. The van der Waals surface area contributed by atoms with Gasteiger partial charge in [0.05, 0.1) is 12.1 Å². The second kappa shape index (κ2) is 8.47. The van der Waals surface area contributed by atoms with E-state index in [9.17, 15) is 14.7 Å². The molecule has 3 aromatic carbocycles. The van der Waals surface area contributed by atoms with Crippen LogP contribution in [0.15, 0.2) is 91.0 Å². The Morgan fingerprint density at radius 2 is 1.53 bits per heavy atom. The van der Waals surface area contributed by atoms with Crippen LogP contribution in [-0.4, -0.2) is 23.3 Å². The highest BCUT2D eigenvalue weighted by Crippen LogP contribution is 2.42. The van der Waals surface area contributed by atoms with Crippen molar-refractivity contribution in [1.82, 2.24) is 0 Å². The van der Waals surface area contributed by atoms with Crippen LogP contribution in [0.2, 0.25) is 0 Å². The summed E-state index contributed by atoms with van der Waals surface area (Å²) in [7, 11) is 0. The van der Waals surface area contributed by atoms with E-state index in [0.717, 1.165) is 11.1 Å². The summed E-state index contributed by atoms with van der Waals surface area (Å²) in [4.78, 5) is 27.4. The molecule has 1 atom stereocenters. The Kier molecular flexibility index (Phi) is 5.59. The van der Waals surface area contributed by atoms with Crippen LogP contribution >= 0.6 is 0 Å². The summed E-state index contributed by atoms with van der Waals surface area (Å²) in [6.45, 7) is 0.441. The standard InChI is InChI=1S/C26H23NO3/c28-22(16-15-20-9-3-1-4-10-20)19-26(30)23-13-7-8-14-24(23)27(25(26)29)18-17-21-11-5-2-6-12-21/h1-16,30H,17-19H2/b16-15+. The second-order valence-electron chi connectivity index (χ2n) is 7.46. The second-order valence-corrected chi connectivity index (χ2v) is 7.46. The quantitative estimate of drug-likeness (QED) is 0.610. The molecule has 4 heteroatoms. The Balaban J connectivity index is 1.54. The lowest BCUT2D eigenvalue weighted by atomic mass is 9.89. The van der Waals surface area contributed by atoms with Gasteiger partial charge in [-0.15, -0.1) is 0 Å². The maximum absolute atomic E-state index is 13.2. The number of para-hydroxylation sites is 1. The molecule has 0 spiro atoms. The predicted octanol–water partition coefficient (Wildman–Crippen LogP) is 4.14. The van der Waals surface area contributed by atoms with Crippen molar-refractivity contribution in [3.8, 4) is 0 Å². The molecule has 30 heavy (non-hydrogen) atoms. The minimum atomic E-state index is -1.84. The minimum Gasteiger partial charge on any atom is -0.375 e. The van der Waals surface area contributed by atoms with Gasteiger partial charge in [0, 0.05) is 12.1 Å². The molecule has 1 unspecified atom stereocenters. The highest BCUT2D eigenvalue weighted by atomic mass is 16.3. The third-order valence-electron chi connectivity index (χ3n) is 5.40. The Morgan fingerprint density at radius 3 is 2.27 bits per heavy atom. The first-order valence-electron chi connectivity index (χ1n) is 10.0. The lowest BCUT2D eigenvalue weighted by molar-refractivity contribution is -0.140. The Labute approximate surface area is 176 Å². The van der Waals surface area contributed by atoms with Crippen molar-refractivity contribution < 1.29 is 14.7 Å². The Hall–Kier alpha value is -3.50. The van der Waals surface area contributed by atoms with Gasteiger partial charge < -0.3 is 10.0 Å². The predicted molar refractivity (Wildman–Crippen MR) is 118 cm³/mol. The fourth-order valence-electron chi connectivity index (χ4n) is 3.85. The number of benzene rings is 3. The van der Waals surface area contributed by atoms with Gasteiger partial charge in [-0.25, -0.2) is 0 Å². The van der Waals surface area contributed by atoms with Crippen LogP contribution in [0.3, 0.4) is 0 Å². The first-order chi connectivity index (χ1) is 14.6. The Bertz CT molecular complexity index is 1080. The number of carbonyl (C=O) groups is 2. The molecular weight excluding hydrogens is 374 g/mol. The summed E-state index contributed by atoms with van der Waals surface area (Å²) in [6.07, 6.45) is 3.51. The SMILES string of the molecule is O=C(/C=C/c1ccccc1)CC1(O)C(=O)N(CCc2ccccc2)c2ccccc21. The van der Waals surface area contributed by atoms with E-state index in [1.165, 1.54) is 6.08 Å². The molecule has 1 aliphatic rings. The van der Waals surface area contributed by atoms with Crippen LogP contribution in [-0.2, 0) is 21.6 Å². The molecule has 1 aliphatic heterocycles. The molecule has 0 radical (unpaired) electrons. The molecule has 3 aromatic rings. The number of allylic oxidation sites excluding steroid dienone is 1. The number of anilines is 1. The molecule has 0 saturated heterocycles. The highest BCUT2D eigenvalue weighted by Gasteiger charge is 2.50. The topological polar surface area (TPSA) is 57.6 Å². The lowest BCUT2D eigenvalue weighted by Gasteiger charge is -2.22. The third kappa shape index (κ3) is 3.95. The van der Waals surface area contributed by atoms with Crippen molar-refractivity contribution in [2.75, 3.05) is 11.4 Å². The first-order valence-corrected chi connectivity index (χ1v) is 10.0. The van der Waals surface area contributed by atoms with Gasteiger partial charge in [0.2, 0.25) is 0 Å². The summed E-state index contributed by atoms with van der Waals surface area (Å²) in [5, 5.41) is 11.3. The normalized spacial score (nSPS) is 18.0. The number of fused-ring (bicyclic) bond motifs is 1. The van der Waals surface area contributed by atoms with E-state index in [4.69, 9.17) is 0 Å². The molecule has 0 saturated carbocycles. The van der Waals surface area contributed by atoms with E-state index in [1.54, 1.807) is 23.1 Å². The molecule has 1 N–H and O–H groups in total. The van der Waals surface area contributed by atoms with Gasteiger partial charge in [0.15, 0.2) is 11.4 Å². The van der Waals surface area contributed by atoms with Crippen LogP contribution < -0.4 is 4.90 Å². The van der Waals surface area contributed by atoms with Gasteiger partial charge >= 0.3 is 0 Å². The van der Waals surface area contributed by atoms with E-state index < -0.39 is 11.5 Å². The van der Waals surface area contributed by atoms with Gasteiger partial charge in [-0.2, -0.15) is 0 Å². The molecular formula is C26H23NO3. The van der Waals surface area contributed by atoms with Crippen LogP contribution in [0.1, 0.15) is 23.1 Å². The average molecular weight is 397 g/mol. The van der Waals surface area contributed by atoms with E-state index in [1.807, 2.05) is 72.8 Å². The summed E-state index contributed by atoms with van der Waals surface area (Å²) in [5.41, 5.74) is 1.32. The van der Waals surface area contributed by atoms with Gasteiger partial charge in [-0.05, 0) is 29.7 Å². The van der Waals surface area contributed by atoms with E-state index in [2.05, 4.69) is 0 Å². The number of nitrogens with zero attached hydrogens (tertiary/aromatic N) is 1. The molecule has 0 aliphatic carbocycles. The van der Waals surface area contributed by atoms with Crippen LogP contribution in [0, 0.1) is 0 Å². The maximum Gasteiger partial charge on any atom is 0.264 e. The molecule has 1 heterocycles. The number of amides is 1. The van der Waals surface area contributed by atoms with Crippen LogP contribution in [0.4, 0.5) is 5.69 Å². The maximum atomic E-state index is 13.2. The fourth-order valence-corrected chi connectivity index (χ4v) is 3.85. The van der Waals surface area contributed by atoms with E-state index >= 15 is 0 Å². The van der Waals surface area contributed by atoms with E-state index in [-0.39, 0.29) is 12.2 Å².